The number of likely N-dealkylation sites (tertiary alicyclic amines) is 1. The average Bonchev–Trinajstić information content (AvgIpc) is 2.48. The maximum atomic E-state index is 12.0. The van der Waals surface area contributed by atoms with Crippen LogP contribution in [0.1, 0.15) is 24.8 Å². The van der Waals surface area contributed by atoms with E-state index in [1.165, 1.54) is 0 Å². The van der Waals surface area contributed by atoms with Crippen LogP contribution >= 0.6 is 0 Å². The number of rotatable bonds is 4. The molecule has 1 heterocycles. The first kappa shape index (κ1) is 13.8. The van der Waals surface area contributed by atoms with Crippen molar-refractivity contribution in [2.75, 3.05) is 13.1 Å². The highest BCUT2D eigenvalue weighted by molar-refractivity contribution is 5.73. The molecular formula is C14H21N3O2. The number of nitrogens with two attached hydrogens (primary N) is 1. The van der Waals surface area contributed by atoms with E-state index in [1.807, 2.05) is 30.3 Å². The molecule has 1 unspecified atom stereocenters. The highest BCUT2D eigenvalue weighted by Crippen LogP contribution is 2.15. The molecule has 2 rings (SSSR count). The van der Waals surface area contributed by atoms with Crippen LogP contribution in [-0.4, -0.2) is 30.1 Å². The number of nitrogens with one attached hydrogen (secondary N) is 1. The topological polar surface area (TPSA) is 67.6 Å². The summed E-state index contributed by atoms with van der Waals surface area (Å²) in [5.74, 6) is 0. The van der Waals surface area contributed by atoms with Gasteiger partial charge in [0, 0.05) is 19.1 Å². The van der Waals surface area contributed by atoms with E-state index in [4.69, 9.17) is 10.6 Å². The quantitative estimate of drug-likeness (QED) is 0.811. The molecule has 3 N–H and O–H groups in total. The fourth-order valence-corrected chi connectivity index (χ4v) is 2.33. The average molecular weight is 263 g/mol. The molecule has 1 aromatic carbocycles. The number of benzene rings is 1. The normalized spacial score (nSPS) is 19.2. The Balaban J connectivity index is 1.77. The largest absolute Gasteiger partial charge is 0.341 e. The standard InChI is InChI=1S/C14H21N3O2/c15-10-13-8-4-5-9-17(13)14(18)16-19-11-12-6-2-1-3-7-12/h1-3,6-7,13H,4-5,8-11,15H2,(H,16,18). The molecule has 19 heavy (non-hydrogen) atoms. The van der Waals surface area contributed by atoms with E-state index in [0.717, 1.165) is 31.4 Å². The summed E-state index contributed by atoms with van der Waals surface area (Å²) in [5, 5.41) is 0. The van der Waals surface area contributed by atoms with Crippen LogP contribution < -0.4 is 11.2 Å². The minimum atomic E-state index is -0.189. The molecule has 1 atom stereocenters. The number of hydrogen-bond acceptors (Lipinski definition) is 3. The summed E-state index contributed by atoms with van der Waals surface area (Å²) >= 11 is 0. The zero-order chi connectivity index (χ0) is 13.5. The van der Waals surface area contributed by atoms with Crippen LogP contribution in [0.3, 0.4) is 0 Å². The number of amides is 2. The van der Waals surface area contributed by atoms with Crippen LogP contribution in [-0.2, 0) is 11.4 Å². The summed E-state index contributed by atoms with van der Waals surface area (Å²) in [6, 6.07) is 9.68. The van der Waals surface area contributed by atoms with E-state index >= 15 is 0 Å². The van der Waals surface area contributed by atoms with Crippen molar-refractivity contribution in [2.45, 2.75) is 31.9 Å². The fourth-order valence-electron chi connectivity index (χ4n) is 2.33. The number of carbonyl (C=O) groups is 1. The molecule has 0 radical (unpaired) electrons. The minimum absolute atomic E-state index is 0.133. The van der Waals surface area contributed by atoms with E-state index in [2.05, 4.69) is 5.48 Å². The second-order valence-corrected chi connectivity index (χ2v) is 4.76. The van der Waals surface area contributed by atoms with Gasteiger partial charge in [-0.15, -0.1) is 0 Å². The van der Waals surface area contributed by atoms with Gasteiger partial charge in [-0.1, -0.05) is 30.3 Å². The third-order valence-electron chi connectivity index (χ3n) is 3.40. The Morgan fingerprint density at radius 2 is 2.16 bits per heavy atom. The van der Waals surface area contributed by atoms with E-state index in [9.17, 15) is 4.79 Å². The number of nitrogens with zero attached hydrogens (tertiary/aromatic N) is 1. The molecule has 0 saturated carbocycles. The molecule has 104 valence electrons. The maximum Gasteiger partial charge on any atom is 0.341 e. The Hall–Kier alpha value is -1.59. The van der Waals surface area contributed by atoms with Crippen molar-refractivity contribution in [3.05, 3.63) is 35.9 Å². The van der Waals surface area contributed by atoms with Gasteiger partial charge < -0.3 is 10.6 Å². The van der Waals surface area contributed by atoms with Crippen LogP contribution in [0.4, 0.5) is 4.79 Å². The summed E-state index contributed by atoms with van der Waals surface area (Å²) in [7, 11) is 0. The van der Waals surface area contributed by atoms with Crippen molar-refractivity contribution in [1.82, 2.24) is 10.4 Å². The van der Waals surface area contributed by atoms with Gasteiger partial charge in [0.05, 0.1) is 6.61 Å². The zero-order valence-corrected chi connectivity index (χ0v) is 11.0. The molecule has 0 aliphatic carbocycles. The van der Waals surface area contributed by atoms with Gasteiger partial charge in [-0.3, -0.25) is 4.84 Å². The molecule has 0 spiro atoms. The molecule has 1 aliphatic heterocycles. The zero-order valence-electron chi connectivity index (χ0n) is 11.0. The molecule has 1 aliphatic rings. The predicted octanol–water partition coefficient (Wildman–Crippen LogP) is 1.64. The maximum absolute atomic E-state index is 12.0. The SMILES string of the molecule is NCC1CCCCN1C(=O)NOCc1ccccc1. The number of carbonyl (C=O) groups excluding carboxylic acids is 1. The molecule has 2 amide bonds. The Morgan fingerprint density at radius 1 is 1.37 bits per heavy atom. The summed E-state index contributed by atoms with van der Waals surface area (Å²) in [6.45, 7) is 1.63. The highest BCUT2D eigenvalue weighted by atomic mass is 16.7. The first-order valence-corrected chi connectivity index (χ1v) is 6.73. The molecule has 5 nitrogen and oxygen atoms in total. The molecule has 0 bridgehead atoms. The Bertz CT molecular complexity index is 397. The Kier molecular flexibility index (Phi) is 5.18. The molecule has 5 heteroatoms. The summed E-state index contributed by atoms with van der Waals surface area (Å²) in [6.07, 6.45) is 3.14. The Morgan fingerprint density at radius 3 is 2.89 bits per heavy atom. The van der Waals surface area contributed by atoms with Gasteiger partial charge in [-0.05, 0) is 24.8 Å². The smallest absolute Gasteiger partial charge is 0.328 e. The van der Waals surface area contributed by atoms with E-state index < -0.39 is 0 Å². The summed E-state index contributed by atoms with van der Waals surface area (Å²) in [5.41, 5.74) is 9.21. The minimum Gasteiger partial charge on any atom is -0.328 e. The lowest BCUT2D eigenvalue weighted by Gasteiger charge is -2.34. The van der Waals surface area contributed by atoms with Crippen molar-refractivity contribution in [3.63, 3.8) is 0 Å². The van der Waals surface area contributed by atoms with Crippen molar-refractivity contribution in [1.29, 1.82) is 0 Å². The van der Waals surface area contributed by atoms with Crippen LogP contribution in [0, 0.1) is 0 Å². The lowest BCUT2D eigenvalue weighted by molar-refractivity contribution is 0.0285. The second-order valence-electron chi connectivity index (χ2n) is 4.76. The number of piperidine rings is 1. The van der Waals surface area contributed by atoms with Crippen LogP contribution in [0.15, 0.2) is 30.3 Å². The lowest BCUT2D eigenvalue weighted by Crippen LogP contribution is -2.51. The molecule has 0 aromatic heterocycles. The number of urea groups is 1. The summed E-state index contributed by atoms with van der Waals surface area (Å²) < 4.78 is 0. The van der Waals surface area contributed by atoms with Gasteiger partial charge in [0.15, 0.2) is 0 Å². The van der Waals surface area contributed by atoms with Gasteiger partial charge >= 0.3 is 6.03 Å². The van der Waals surface area contributed by atoms with Crippen LogP contribution in [0.25, 0.3) is 0 Å². The molecule has 1 saturated heterocycles. The lowest BCUT2D eigenvalue weighted by atomic mass is 10.0. The molecule has 1 aromatic rings. The van der Waals surface area contributed by atoms with Crippen molar-refractivity contribution < 1.29 is 9.63 Å². The van der Waals surface area contributed by atoms with Gasteiger partial charge in [0.1, 0.15) is 0 Å². The van der Waals surface area contributed by atoms with Gasteiger partial charge in [-0.25, -0.2) is 10.3 Å². The highest BCUT2D eigenvalue weighted by Gasteiger charge is 2.25. The van der Waals surface area contributed by atoms with Crippen molar-refractivity contribution in [2.24, 2.45) is 5.73 Å². The van der Waals surface area contributed by atoms with Crippen molar-refractivity contribution in [3.8, 4) is 0 Å². The van der Waals surface area contributed by atoms with E-state index in [-0.39, 0.29) is 12.1 Å². The van der Waals surface area contributed by atoms with E-state index in [0.29, 0.717) is 13.2 Å². The van der Waals surface area contributed by atoms with Crippen LogP contribution in [0.5, 0.6) is 0 Å². The third-order valence-corrected chi connectivity index (χ3v) is 3.40. The van der Waals surface area contributed by atoms with Gasteiger partial charge in [0.2, 0.25) is 0 Å². The monoisotopic (exact) mass is 263 g/mol. The first-order valence-electron chi connectivity index (χ1n) is 6.73. The molecular weight excluding hydrogens is 242 g/mol. The predicted molar refractivity (Wildman–Crippen MR) is 73.2 cm³/mol. The fraction of sp³-hybridized carbons (Fsp3) is 0.500. The van der Waals surface area contributed by atoms with E-state index in [1.54, 1.807) is 4.90 Å². The van der Waals surface area contributed by atoms with Crippen molar-refractivity contribution >= 4 is 6.03 Å². The third kappa shape index (κ3) is 3.94. The first-order chi connectivity index (χ1) is 9.31. The summed E-state index contributed by atoms with van der Waals surface area (Å²) in [4.78, 5) is 19.0. The van der Waals surface area contributed by atoms with Crippen LogP contribution in [0.2, 0.25) is 0 Å². The Labute approximate surface area is 113 Å². The second kappa shape index (κ2) is 7.11. The number of hydrogen-bond donors (Lipinski definition) is 2. The number of hydroxylamine groups is 1. The van der Waals surface area contributed by atoms with Gasteiger partial charge in [0.25, 0.3) is 0 Å². The molecule has 1 fully saturated rings. The van der Waals surface area contributed by atoms with Gasteiger partial charge in [-0.2, -0.15) is 0 Å².